The second-order valence-corrected chi connectivity index (χ2v) is 6.31. The molecule has 0 unspecified atom stereocenters. The predicted octanol–water partition coefficient (Wildman–Crippen LogP) is 3.31. The van der Waals surface area contributed by atoms with Crippen LogP contribution in [-0.2, 0) is 19.5 Å². The maximum Gasteiger partial charge on any atom is 0.134 e. The first-order valence-electron chi connectivity index (χ1n) is 7.71. The van der Waals surface area contributed by atoms with Crippen LogP contribution in [0.4, 0.5) is 5.00 Å². The summed E-state index contributed by atoms with van der Waals surface area (Å²) >= 11 is 1.47. The zero-order valence-corrected chi connectivity index (χ0v) is 13.3. The van der Waals surface area contributed by atoms with Gasteiger partial charge in [-0.1, -0.05) is 35.7 Å². The van der Waals surface area contributed by atoms with Crippen LogP contribution < -0.4 is 5.32 Å². The topological polar surface area (TPSA) is 41.1 Å². The summed E-state index contributed by atoms with van der Waals surface area (Å²) in [7, 11) is 0. The molecular weight excluding hydrogens is 280 g/mol. The second-order valence-electron chi connectivity index (χ2n) is 5.56. The zero-order valence-electron chi connectivity index (χ0n) is 12.5. The molecule has 0 aliphatic carbocycles. The van der Waals surface area contributed by atoms with E-state index in [0.29, 0.717) is 0 Å². The third-order valence-electron chi connectivity index (χ3n) is 3.90. The number of hydrogen-bond acceptors (Lipinski definition) is 5. The number of benzene rings is 1. The molecule has 4 nitrogen and oxygen atoms in total. The van der Waals surface area contributed by atoms with Crippen LogP contribution in [0.1, 0.15) is 36.6 Å². The van der Waals surface area contributed by atoms with Gasteiger partial charge in [-0.2, -0.15) is 0 Å². The van der Waals surface area contributed by atoms with Gasteiger partial charge in [-0.05, 0) is 36.9 Å². The van der Waals surface area contributed by atoms with E-state index in [4.69, 9.17) is 0 Å². The van der Waals surface area contributed by atoms with Crippen molar-refractivity contribution in [3.63, 3.8) is 0 Å². The fraction of sp³-hybridized carbons (Fsp3) is 0.500. The van der Waals surface area contributed by atoms with E-state index in [1.807, 2.05) is 0 Å². The van der Waals surface area contributed by atoms with Gasteiger partial charge >= 0.3 is 0 Å². The smallest absolute Gasteiger partial charge is 0.134 e. The molecule has 0 atom stereocenters. The minimum Gasteiger partial charge on any atom is -0.374 e. The van der Waals surface area contributed by atoms with Gasteiger partial charge in [0.1, 0.15) is 10.7 Å². The van der Waals surface area contributed by atoms with Gasteiger partial charge in [-0.3, -0.25) is 4.90 Å². The Balaban J connectivity index is 1.69. The van der Waals surface area contributed by atoms with Crippen LogP contribution in [0.25, 0.3) is 0 Å². The summed E-state index contributed by atoms with van der Waals surface area (Å²) in [6.07, 6.45) is 3.52. The van der Waals surface area contributed by atoms with Crippen molar-refractivity contribution in [1.82, 2.24) is 14.5 Å². The molecule has 1 N–H and O–H groups in total. The van der Waals surface area contributed by atoms with E-state index in [1.165, 1.54) is 35.5 Å². The number of hydrogen-bond donors (Lipinski definition) is 1. The molecule has 1 aliphatic heterocycles. The molecule has 1 aromatic carbocycles. The normalized spacial score (nSPS) is 15.5. The van der Waals surface area contributed by atoms with E-state index < -0.39 is 0 Å². The van der Waals surface area contributed by atoms with Crippen molar-refractivity contribution in [1.29, 1.82) is 0 Å². The highest BCUT2D eigenvalue weighted by molar-refractivity contribution is 7.10. The summed E-state index contributed by atoms with van der Waals surface area (Å²) in [5.74, 6) is 0. The summed E-state index contributed by atoms with van der Waals surface area (Å²) < 4.78 is 4.11. The molecular formula is C16H22N4S. The highest BCUT2D eigenvalue weighted by atomic mass is 32.1. The summed E-state index contributed by atoms with van der Waals surface area (Å²) in [5, 5.41) is 8.88. The minimum absolute atomic E-state index is 0.886. The van der Waals surface area contributed by atoms with Crippen LogP contribution in [0.3, 0.4) is 0 Å². The van der Waals surface area contributed by atoms with E-state index in [9.17, 15) is 0 Å². The third kappa shape index (κ3) is 3.60. The van der Waals surface area contributed by atoms with E-state index in [1.54, 1.807) is 0 Å². The summed E-state index contributed by atoms with van der Waals surface area (Å²) in [6, 6.07) is 8.80. The van der Waals surface area contributed by atoms with Gasteiger partial charge in [0.15, 0.2) is 0 Å². The van der Waals surface area contributed by atoms with E-state index in [2.05, 4.69) is 51.0 Å². The Bertz CT molecular complexity index is 581. The first kappa shape index (κ1) is 14.5. The average molecular weight is 302 g/mol. The molecule has 0 fully saturated rings. The Labute approximate surface area is 130 Å². The molecule has 1 aliphatic rings. The molecule has 21 heavy (non-hydrogen) atoms. The Hall–Kier alpha value is -1.46. The Morgan fingerprint density at radius 3 is 3.00 bits per heavy atom. The highest BCUT2D eigenvalue weighted by Crippen LogP contribution is 2.23. The first-order valence-corrected chi connectivity index (χ1v) is 8.48. The van der Waals surface area contributed by atoms with Crippen molar-refractivity contribution in [2.45, 2.75) is 39.3 Å². The first-order chi connectivity index (χ1) is 10.4. The number of nitrogens with zero attached hydrogens (tertiary/aromatic N) is 3. The zero-order chi connectivity index (χ0) is 14.5. The Morgan fingerprint density at radius 1 is 1.29 bits per heavy atom. The number of nitrogens with one attached hydrogen (secondary N) is 1. The lowest BCUT2D eigenvalue weighted by molar-refractivity contribution is 0.258. The molecule has 0 saturated heterocycles. The highest BCUT2D eigenvalue weighted by Gasteiger charge is 2.17. The van der Waals surface area contributed by atoms with Gasteiger partial charge in [0.05, 0.1) is 0 Å². The molecule has 0 amide bonds. The fourth-order valence-electron chi connectivity index (χ4n) is 2.80. The molecule has 5 heteroatoms. The van der Waals surface area contributed by atoms with Crippen molar-refractivity contribution < 1.29 is 0 Å². The number of anilines is 1. The van der Waals surface area contributed by atoms with Crippen molar-refractivity contribution in [2.75, 3.05) is 18.4 Å². The quantitative estimate of drug-likeness (QED) is 0.920. The van der Waals surface area contributed by atoms with Gasteiger partial charge in [-0.25, -0.2) is 0 Å². The van der Waals surface area contributed by atoms with Crippen LogP contribution in [0.5, 0.6) is 0 Å². The second kappa shape index (κ2) is 7.00. The largest absolute Gasteiger partial charge is 0.374 e. The summed E-state index contributed by atoms with van der Waals surface area (Å²) in [5.41, 5.74) is 4.05. The fourth-order valence-corrected chi connectivity index (χ4v) is 3.40. The van der Waals surface area contributed by atoms with Crippen LogP contribution >= 0.6 is 11.5 Å². The van der Waals surface area contributed by atoms with Crippen LogP contribution in [0.2, 0.25) is 0 Å². The standard InChI is InChI=1S/C16H22N4S/c1-2-9-17-16-15(18-19-21-16)12-20-10-5-8-13-6-3-4-7-14(13)11-20/h3-4,6-7,17H,2,5,8-12H2,1H3. The van der Waals surface area contributed by atoms with Crippen molar-refractivity contribution in [3.05, 3.63) is 41.1 Å². The molecule has 0 saturated carbocycles. The third-order valence-corrected chi connectivity index (χ3v) is 4.62. The maximum atomic E-state index is 4.31. The number of fused-ring (bicyclic) bond motifs is 1. The molecule has 2 heterocycles. The van der Waals surface area contributed by atoms with Gasteiger partial charge in [0, 0.05) is 31.2 Å². The lowest BCUT2D eigenvalue weighted by Crippen LogP contribution is -2.23. The van der Waals surface area contributed by atoms with E-state index >= 15 is 0 Å². The van der Waals surface area contributed by atoms with Gasteiger partial charge in [-0.15, -0.1) is 5.10 Å². The lowest BCUT2D eigenvalue weighted by atomic mass is 10.0. The van der Waals surface area contributed by atoms with Crippen LogP contribution in [-0.4, -0.2) is 27.6 Å². The van der Waals surface area contributed by atoms with Gasteiger partial charge < -0.3 is 5.32 Å². The SMILES string of the molecule is CCCNc1snnc1CN1CCCc2ccccc2C1. The van der Waals surface area contributed by atoms with Crippen molar-refractivity contribution in [2.24, 2.45) is 0 Å². The summed E-state index contributed by atoms with van der Waals surface area (Å²) in [6.45, 7) is 6.18. The number of rotatable bonds is 5. The van der Waals surface area contributed by atoms with Gasteiger partial charge in [0.2, 0.25) is 0 Å². The minimum atomic E-state index is 0.886. The van der Waals surface area contributed by atoms with E-state index in [0.717, 1.165) is 43.3 Å². The Kier molecular flexibility index (Phi) is 4.83. The molecule has 2 aromatic rings. The Morgan fingerprint density at radius 2 is 2.14 bits per heavy atom. The van der Waals surface area contributed by atoms with Gasteiger partial charge in [0.25, 0.3) is 0 Å². The molecule has 0 radical (unpaired) electrons. The monoisotopic (exact) mass is 302 g/mol. The molecule has 112 valence electrons. The predicted molar refractivity (Wildman–Crippen MR) is 87.6 cm³/mol. The molecule has 1 aromatic heterocycles. The summed E-state index contributed by atoms with van der Waals surface area (Å²) in [4.78, 5) is 2.49. The number of aromatic nitrogens is 2. The van der Waals surface area contributed by atoms with Crippen molar-refractivity contribution >= 4 is 16.5 Å². The molecule has 0 bridgehead atoms. The average Bonchev–Trinajstić information content (AvgIpc) is 2.83. The number of aryl methyl sites for hydroxylation is 1. The maximum absolute atomic E-state index is 4.31. The molecule has 3 rings (SSSR count). The van der Waals surface area contributed by atoms with Crippen LogP contribution in [0, 0.1) is 0 Å². The van der Waals surface area contributed by atoms with Crippen LogP contribution in [0.15, 0.2) is 24.3 Å². The van der Waals surface area contributed by atoms with E-state index in [-0.39, 0.29) is 0 Å². The molecule has 0 spiro atoms. The van der Waals surface area contributed by atoms with Crippen molar-refractivity contribution in [3.8, 4) is 0 Å². The lowest BCUT2D eigenvalue weighted by Gasteiger charge is -2.19.